The van der Waals surface area contributed by atoms with Gasteiger partial charge in [-0.05, 0) is 19.8 Å². The third-order valence-corrected chi connectivity index (χ3v) is 4.25. The van der Waals surface area contributed by atoms with Gasteiger partial charge in [0.2, 0.25) is 0 Å². The lowest BCUT2D eigenvalue weighted by atomic mass is 9.83. The lowest BCUT2D eigenvalue weighted by Crippen LogP contribution is -2.36. The number of nitrogens with one attached hydrogen (secondary N) is 1. The van der Waals surface area contributed by atoms with Crippen LogP contribution in [0.5, 0.6) is 0 Å². The van der Waals surface area contributed by atoms with E-state index in [1.54, 1.807) is 5.38 Å². The van der Waals surface area contributed by atoms with E-state index in [9.17, 15) is 4.79 Å². The van der Waals surface area contributed by atoms with Crippen molar-refractivity contribution in [2.45, 2.75) is 50.6 Å². The first-order valence-electron chi connectivity index (χ1n) is 6.22. The molecule has 1 aliphatic rings. The summed E-state index contributed by atoms with van der Waals surface area (Å²) in [6.07, 6.45) is 6.02. The van der Waals surface area contributed by atoms with E-state index in [-0.39, 0.29) is 5.54 Å². The number of rotatable bonds is 4. The molecule has 1 saturated carbocycles. The first-order valence-corrected chi connectivity index (χ1v) is 7.10. The van der Waals surface area contributed by atoms with E-state index in [4.69, 9.17) is 10.8 Å². The number of aromatic nitrogens is 1. The molecule has 0 aliphatic heterocycles. The van der Waals surface area contributed by atoms with Gasteiger partial charge in [-0.15, -0.1) is 11.3 Å². The van der Waals surface area contributed by atoms with E-state index in [1.807, 2.05) is 0 Å². The highest BCUT2D eigenvalue weighted by molar-refractivity contribution is 7.13. The standard InChI is InChI=1S/C12H19N3O2S/c1-12(5-3-2-4-6-12)15-11-14-8(7-18-11)9(13)10(16)17/h7,9H,2-6,13H2,1H3,(H,14,15)(H,16,17). The molecule has 100 valence electrons. The third-order valence-electron chi connectivity index (χ3n) is 3.47. The summed E-state index contributed by atoms with van der Waals surface area (Å²) < 4.78 is 0. The Balaban J connectivity index is 2.04. The Labute approximate surface area is 110 Å². The van der Waals surface area contributed by atoms with Gasteiger partial charge >= 0.3 is 5.97 Å². The van der Waals surface area contributed by atoms with Crippen LogP contribution in [0.15, 0.2) is 5.38 Å². The van der Waals surface area contributed by atoms with Gasteiger partial charge in [-0.3, -0.25) is 4.79 Å². The molecule has 0 radical (unpaired) electrons. The summed E-state index contributed by atoms with van der Waals surface area (Å²) in [6, 6.07) is -1.03. The van der Waals surface area contributed by atoms with Crippen LogP contribution >= 0.6 is 11.3 Å². The van der Waals surface area contributed by atoms with Crippen molar-refractivity contribution >= 4 is 22.4 Å². The molecule has 0 saturated heterocycles. The summed E-state index contributed by atoms with van der Waals surface area (Å²) in [5.74, 6) is -1.05. The summed E-state index contributed by atoms with van der Waals surface area (Å²) >= 11 is 1.42. The van der Waals surface area contributed by atoms with Gasteiger partial charge in [0.1, 0.15) is 6.04 Å². The first-order chi connectivity index (χ1) is 8.50. The molecule has 18 heavy (non-hydrogen) atoms. The molecule has 1 aliphatic carbocycles. The molecule has 0 spiro atoms. The Bertz CT molecular complexity index is 427. The summed E-state index contributed by atoms with van der Waals surface area (Å²) in [6.45, 7) is 2.20. The van der Waals surface area contributed by atoms with Crippen LogP contribution in [0.1, 0.15) is 50.8 Å². The lowest BCUT2D eigenvalue weighted by molar-refractivity contribution is -0.138. The largest absolute Gasteiger partial charge is 0.480 e. The van der Waals surface area contributed by atoms with Crippen molar-refractivity contribution in [2.75, 3.05) is 5.32 Å². The molecule has 0 amide bonds. The number of nitrogens with two attached hydrogens (primary N) is 1. The topological polar surface area (TPSA) is 88.2 Å². The Hall–Kier alpha value is -1.14. The second-order valence-electron chi connectivity index (χ2n) is 5.14. The Morgan fingerprint density at radius 3 is 2.83 bits per heavy atom. The van der Waals surface area contributed by atoms with E-state index in [2.05, 4.69) is 17.2 Å². The molecule has 1 fully saturated rings. The van der Waals surface area contributed by atoms with Crippen LogP contribution in [-0.4, -0.2) is 21.6 Å². The van der Waals surface area contributed by atoms with Gasteiger partial charge < -0.3 is 16.2 Å². The average Bonchev–Trinajstić information content (AvgIpc) is 2.76. The molecular weight excluding hydrogens is 250 g/mol. The number of aliphatic carboxylic acids is 1. The highest BCUT2D eigenvalue weighted by Gasteiger charge is 2.28. The van der Waals surface area contributed by atoms with Gasteiger partial charge in [0.15, 0.2) is 5.13 Å². The molecule has 6 heteroatoms. The Morgan fingerprint density at radius 1 is 1.56 bits per heavy atom. The predicted molar refractivity (Wildman–Crippen MR) is 71.8 cm³/mol. The maximum atomic E-state index is 10.8. The fourth-order valence-electron chi connectivity index (χ4n) is 2.33. The predicted octanol–water partition coefficient (Wildman–Crippen LogP) is 2.36. The number of nitrogens with zero attached hydrogens (tertiary/aromatic N) is 1. The van der Waals surface area contributed by atoms with Crippen molar-refractivity contribution in [1.29, 1.82) is 0 Å². The fraction of sp³-hybridized carbons (Fsp3) is 0.667. The van der Waals surface area contributed by atoms with E-state index in [0.717, 1.165) is 18.0 Å². The summed E-state index contributed by atoms with van der Waals surface area (Å²) in [7, 11) is 0. The van der Waals surface area contributed by atoms with Crippen molar-refractivity contribution in [1.82, 2.24) is 4.98 Å². The highest BCUT2D eigenvalue weighted by Crippen LogP contribution is 2.32. The quantitative estimate of drug-likeness (QED) is 0.781. The lowest BCUT2D eigenvalue weighted by Gasteiger charge is -2.34. The van der Waals surface area contributed by atoms with Crippen LogP contribution in [0, 0.1) is 0 Å². The third kappa shape index (κ3) is 3.00. The van der Waals surface area contributed by atoms with Gasteiger partial charge in [-0.1, -0.05) is 19.3 Å². The highest BCUT2D eigenvalue weighted by atomic mass is 32.1. The molecule has 5 nitrogen and oxygen atoms in total. The molecule has 1 aromatic heterocycles. The summed E-state index contributed by atoms with van der Waals surface area (Å²) in [5.41, 5.74) is 6.04. The number of carbonyl (C=O) groups is 1. The van der Waals surface area contributed by atoms with Crippen LogP contribution in [-0.2, 0) is 4.79 Å². The minimum atomic E-state index is -1.05. The molecule has 1 unspecified atom stereocenters. The molecule has 1 heterocycles. The average molecular weight is 269 g/mol. The van der Waals surface area contributed by atoms with E-state index in [1.165, 1.54) is 30.6 Å². The van der Waals surface area contributed by atoms with Crippen molar-refractivity contribution in [3.8, 4) is 0 Å². The minimum absolute atomic E-state index is 0.0840. The molecule has 1 aromatic rings. The van der Waals surface area contributed by atoms with Crippen molar-refractivity contribution in [3.05, 3.63) is 11.1 Å². The zero-order chi connectivity index (χ0) is 13.2. The fourth-order valence-corrected chi connectivity index (χ4v) is 3.22. The molecule has 2 rings (SSSR count). The van der Waals surface area contributed by atoms with Gasteiger partial charge in [0, 0.05) is 10.9 Å². The number of hydrogen-bond acceptors (Lipinski definition) is 5. The number of carboxylic acid groups (broad SMARTS) is 1. The van der Waals surface area contributed by atoms with Gasteiger partial charge in [0.25, 0.3) is 0 Å². The summed E-state index contributed by atoms with van der Waals surface area (Å²) in [5, 5.41) is 14.8. The number of thiazole rings is 1. The maximum absolute atomic E-state index is 10.8. The van der Waals surface area contributed by atoms with Crippen LogP contribution in [0.2, 0.25) is 0 Å². The van der Waals surface area contributed by atoms with Crippen LogP contribution in [0.25, 0.3) is 0 Å². The zero-order valence-corrected chi connectivity index (χ0v) is 11.3. The molecule has 1 atom stereocenters. The Kier molecular flexibility index (Phi) is 3.87. The van der Waals surface area contributed by atoms with E-state index < -0.39 is 12.0 Å². The van der Waals surface area contributed by atoms with Gasteiger partial charge in [0.05, 0.1) is 5.69 Å². The van der Waals surface area contributed by atoms with Crippen molar-refractivity contribution in [2.24, 2.45) is 5.73 Å². The number of hydrogen-bond donors (Lipinski definition) is 3. The molecule has 0 bridgehead atoms. The summed E-state index contributed by atoms with van der Waals surface area (Å²) in [4.78, 5) is 15.1. The normalized spacial score (nSPS) is 20.3. The monoisotopic (exact) mass is 269 g/mol. The number of carboxylic acids is 1. The maximum Gasteiger partial charge on any atom is 0.326 e. The number of anilines is 1. The second kappa shape index (κ2) is 5.24. The SMILES string of the molecule is CC1(Nc2nc(C(N)C(=O)O)cs2)CCCCC1. The second-order valence-corrected chi connectivity index (χ2v) is 6.00. The molecule has 4 N–H and O–H groups in total. The van der Waals surface area contributed by atoms with Gasteiger partial charge in [-0.25, -0.2) is 4.98 Å². The first kappa shape index (κ1) is 13.3. The Morgan fingerprint density at radius 2 is 2.22 bits per heavy atom. The van der Waals surface area contributed by atoms with Crippen molar-refractivity contribution in [3.63, 3.8) is 0 Å². The van der Waals surface area contributed by atoms with Crippen LogP contribution in [0.4, 0.5) is 5.13 Å². The van der Waals surface area contributed by atoms with E-state index in [0.29, 0.717) is 5.69 Å². The van der Waals surface area contributed by atoms with E-state index >= 15 is 0 Å². The minimum Gasteiger partial charge on any atom is -0.480 e. The van der Waals surface area contributed by atoms with Crippen LogP contribution < -0.4 is 11.1 Å². The van der Waals surface area contributed by atoms with Crippen molar-refractivity contribution < 1.29 is 9.90 Å². The smallest absolute Gasteiger partial charge is 0.326 e. The molecule has 0 aromatic carbocycles. The molecular formula is C12H19N3O2S. The zero-order valence-electron chi connectivity index (χ0n) is 10.5. The van der Waals surface area contributed by atoms with Crippen LogP contribution in [0.3, 0.4) is 0 Å². The van der Waals surface area contributed by atoms with Gasteiger partial charge in [-0.2, -0.15) is 0 Å².